The summed E-state index contributed by atoms with van der Waals surface area (Å²) in [6, 6.07) is 4.48. The third-order valence-corrected chi connectivity index (χ3v) is 4.49. The standard InChI is InChI=1S/C17H25NO3/c1-10(2)13-6-4-11(3)8-16(13)21-17(20)12-5-7-14(18)15(19)9-12/h5,7,9-11,13,16,19H,4,6,8,18H2,1-3H3. The Balaban J connectivity index is 2.10. The fourth-order valence-corrected chi connectivity index (χ4v) is 3.13. The summed E-state index contributed by atoms with van der Waals surface area (Å²) in [5.74, 6) is 1.03. The molecule has 3 unspecified atom stereocenters. The Labute approximate surface area is 126 Å². The number of nitrogen functional groups attached to an aromatic ring is 1. The van der Waals surface area contributed by atoms with E-state index in [1.165, 1.54) is 18.6 Å². The van der Waals surface area contributed by atoms with Crippen molar-refractivity contribution in [3.8, 4) is 5.75 Å². The lowest BCUT2D eigenvalue weighted by Crippen LogP contribution is -2.35. The molecular formula is C17H25NO3. The van der Waals surface area contributed by atoms with E-state index in [0.717, 1.165) is 12.8 Å². The molecule has 1 aliphatic carbocycles. The number of ether oxygens (including phenoxy) is 1. The highest BCUT2D eigenvalue weighted by atomic mass is 16.5. The molecule has 21 heavy (non-hydrogen) atoms. The number of hydrogen-bond donors (Lipinski definition) is 2. The van der Waals surface area contributed by atoms with Crippen LogP contribution in [-0.4, -0.2) is 17.2 Å². The van der Waals surface area contributed by atoms with Crippen LogP contribution in [0.5, 0.6) is 5.75 Å². The van der Waals surface area contributed by atoms with Crippen LogP contribution in [-0.2, 0) is 4.74 Å². The highest BCUT2D eigenvalue weighted by Crippen LogP contribution is 2.35. The molecule has 1 aliphatic rings. The molecule has 0 radical (unpaired) electrons. The number of nitrogens with two attached hydrogens (primary N) is 1. The molecule has 1 saturated carbocycles. The SMILES string of the molecule is CC1CCC(C(C)C)C(OC(=O)c2ccc(N)c(O)c2)C1. The summed E-state index contributed by atoms with van der Waals surface area (Å²) in [4.78, 5) is 12.3. The molecule has 0 aromatic heterocycles. The van der Waals surface area contributed by atoms with Crippen molar-refractivity contribution in [2.75, 3.05) is 5.73 Å². The number of anilines is 1. The second-order valence-corrected chi connectivity index (χ2v) is 6.54. The van der Waals surface area contributed by atoms with Crippen molar-refractivity contribution < 1.29 is 14.6 Å². The minimum atomic E-state index is -0.380. The molecule has 0 heterocycles. The van der Waals surface area contributed by atoms with Crippen LogP contribution >= 0.6 is 0 Å². The van der Waals surface area contributed by atoms with Crippen LogP contribution in [0.4, 0.5) is 5.69 Å². The van der Waals surface area contributed by atoms with Crippen molar-refractivity contribution in [3.63, 3.8) is 0 Å². The molecule has 0 aliphatic heterocycles. The summed E-state index contributed by atoms with van der Waals surface area (Å²) in [5, 5.41) is 9.60. The number of carbonyl (C=O) groups excluding carboxylic acids is 1. The second-order valence-electron chi connectivity index (χ2n) is 6.54. The first-order valence-corrected chi connectivity index (χ1v) is 7.68. The topological polar surface area (TPSA) is 72.5 Å². The third-order valence-electron chi connectivity index (χ3n) is 4.49. The molecule has 0 spiro atoms. The average molecular weight is 291 g/mol. The van der Waals surface area contributed by atoms with Gasteiger partial charge in [0.1, 0.15) is 11.9 Å². The largest absolute Gasteiger partial charge is 0.506 e. The van der Waals surface area contributed by atoms with E-state index >= 15 is 0 Å². The molecule has 0 amide bonds. The Hall–Kier alpha value is -1.71. The first kappa shape index (κ1) is 15.7. The minimum Gasteiger partial charge on any atom is -0.506 e. The number of phenolic OH excluding ortho intramolecular Hbond substituents is 1. The molecule has 1 aromatic rings. The van der Waals surface area contributed by atoms with Gasteiger partial charge in [-0.1, -0.05) is 27.2 Å². The van der Waals surface area contributed by atoms with E-state index in [1.54, 1.807) is 6.07 Å². The summed E-state index contributed by atoms with van der Waals surface area (Å²) in [6.45, 7) is 6.56. The van der Waals surface area contributed by atoms with Crippen molar-refractivity contribution >= 4 is 11.7 Å². The van der Waals surface area contributed by atoms with Crippen molar-refractivity contribution in [3.05, 3.63) is 23.8 Å². The molecule has 3 N–H and O–H groups in total. The first-order chi connectivity index (χ1) is 9.88. The lowest BCUT2D eigenvalue weighted by atomic mass is 9.75. The molecule has 0 saturated heterocycles. The van der Waals surface area contributed by atoms with Gasteiger partial charge in [-0.25, -0.2) is 4.79 Å². The lowest BCUT2D eigenvalue weighted by molar-refractivity contribution is -0.0174. The third kappa shape index (κ3) is 3.69. The minimum absolute atomic E-state index is 0.0408. The number of aromatic hydroxyl groups is 1. The Morgan fingerprint density at radius 3 is 2.71 bits per heavy atom. The Morgan fingerprint density at radius 1 is 1.38 bits per heavy atom. The van der Waals surface area contributed by atoms with Crippen LogP contribution in [0.25, 0.3) is 0 Å². The van der Waals surface area contributed by atoms with Gasteiger partial charge >= 0.3 is 5.97 Å². The van der Waals surface area contributed by atoms with Gasteiger partial charge in [-0.15, -0.1) is 0 Å². The van der Waals surface area contributed by atoms with Crippen LogP contribution in [0, 0.1) is 17.8 Å². The van der Waals surface area contributed by atoms with Crippen LogP contribution < -0.4 is 5.73 Å². The number of phenols is 1. The lowest BCUT2D eigenvalue weighted by Gasteiger charge is -2.36. The summed E-state index contributed by atoms with van der Waals surface area (Å²) in [6.07, 6.45) is 3.17. The van der Waals surface area contributed by atoms with Gasteiger partial charge in [0.05, 0.1) is 11.3 Å². The van der Waals surface area contributed by atoms with E-state index < -0.39 is 0 Å². The maximum atomic E-state index is 12.3. The summed E-state index contributed by atoms with van der Waals surface area (Å²) in [5.41, 5.74) is 6.16. The Bertz CT molecular complexity index is 513. The first-order valence-electron chi connectivity index (χ1n) is 7.68. The van der Waals surface area contributed by atoms with Crippen molar-refractivity contribution in [2.45, 2.75) is 46.1 Å². The van der Waals surface area contributed by atoms with E-state index in [9.17, 15) is 9.90 Å². The van der Waals surface area contributed by atoms with Crippen LogP contribution in [0.15, 0.2) is 18.2 Å². The normalized spacial score (nSPS) is 25.8. The van der Waals surface area contributed by atoms with E-state index in [4.69, 9.17) is 10.5 Å². The van der Waals surface area contributed by atoms with Crippen molar-refractivity contribution in [1.29, 1.82) is 0 Å². The van der Waals surface area contributed by atoms with Gasteiger partial charge in [0.15, 0.2) is 0 Å². The number of benzene rings is 1. The molecule has 0 bridgehead atoms. The summed E-state index contributed by atoms with van der Waals surface area (Å²) < 4.78 is 5.73. The highest BCUT2D eigenvalue weighted by Gasteiger charge is 2.33. The maximum Gasteiger partial charge on any atom is 0.338 e. The predicted molar refractivity (Wildman–Crippen MR) is 83.1 cm³/mol. The fourth-order valence-electron chi connectivity index (χ4n) is 3.13. The van der Waals surface area contributed by atoms with Crippen molar-refractivity contribution in [2.24, 2.45) is 17.8 Å². The molecule has 3 atom stereocenters. The summed E-state index contributed by atoms with van der Waals surface area (Å²) in [7, 11) is 0. The van der Waals surface area contributed by atoms with E-state index in [0.29, 0.717) is 23.3 Å². The average Bonchev–Trinajstić information content (AvgIpc) is 2.41. The quantitative estimate of drug-likeness (QED) is 0.507. The van der Waals surface area contributed by atoms with E-state index in [1.807, 2.05) is 0 Å². The molecule has 116 valence electrons. The number of rotatable bonds is 3. The smallest absolute Gasteiger partial charge is 0.338 e. The second kappa shape index (κ2) is 6.37. The van der Waals surface area contributed by atoms with Gasteiger partial charge < -0.3 is 15.6 Å². The van der Waals surface area contributed by atoms with Crippen LogP contribution in [0.2, 0.25) is 0 Å². The molecular weight excluding hydrogens is 266 g/mol. The van der Waals surface area contributed by atoms with Gasteiger partial charge in [0.25, 0.3) is 0 Å². The zero-order valence-electron chi connectivity index (χ0n) is 13.0. The van der Waals surface area contributed by atoms with Crippen LogP contribution in [0.1, 0.15) is 50.4 Å². The molecule has 2 rings (SSSR count). The fraction of sp³-hybridized carbons (Fsp3) is 0.588. The van der Waals surface area contributed by atoms with Crippen LogP contribution in [0.3, 0.4) is 0 Å². The Morgan fingerprint density at radius 2 is 2.10 bits per heavy atom. The van der Waals surface area contributed by atoms with Crippen molar-refractivity contribution in [1.82, 2.24) is 0 Å². The zero-order chi connectivity index (χ0) is 15.6. The van der Waals surface area contributed by atoms with Gasteiger partial charge in [-0.3, -0.25) is 0 Å². The predicted octanol–water partition coefficient (Wildman–Crippen LogP) is 3.59. The highest BCUT2D eigenvalue weighted by molar-refractivity contribution is 5.90. The summed E-state index contributed by atoms with van der Waals surface area (Å²) >= 11 is 0. The Kier molecular flexibility index (Phi) is 4.76. The van der Waals surface area contributed by atoms with Gasteiger partial charge in [-0.05, 0) is 48.8 Å². The zero-order valence-corrected chi connectivity index (χ0v) is 13.0. The molecule has 4 heteroatoms. The molecule has 1 aromatic carbocycles. The monoisotopic (exact) mass is 291 g/mol. The van der Waals surface area contributed by atoms with Gasteiger partial charge in [0, 0.05) is 0 Å². The number of esters is 1. The maximum absolute atomic E-state index is 12.3. The van der Waals surface area contributed by atoms with E-state index in [-0.39, 0.29) is 23.5 Å². The van der Waals surface area contributed by atoms with Gasteiger partial charge in [0.2, 0.25) is 0 Å². The molecule has 1 fully saturated rings. The number of carbonyl (C=O) groups is 1. The van der Waals surface area contributed by atoms with E-state index in [2.05, 4.69) is 20.8 Å². The number of hydrogen-bond acceptors (Lipinski definition) is 4. The molecule has 4 nitrogen and oxygen atoms in total. The van der Waals surface area contributed by atoms with Gasteiger partial charge in [-0.2, -0.15) is 0 Å².